The summed E-state index contributed by atoms with van der Waals surface area (Å²) in [6.45, 7) is 1.87. The zero-order chi connectivity index (χ0) is 17.5. The maximum Gasteiger partial charge on any atom is 0.246 e. The molecular weight excluding hydrogens is 307 g/mol. The van der Waals surface area contributed by atoms with Crippen molar-refractivity contribution in [3.63, 3.8) is 0 Å². The average molecular weight is 328 g/mol. The van der Waals surface area contributed by atoms with Gasteiger partial charge in [-0.15, -0.1) is 0 Å². The summed E-state index contributed by atoms with van der Waals surface area (Å²) in [5.41, 5.74) is 1.70. The first-order chi connectivity index (χ1) is 11.5. The fourth-order valence-electron chi connectivity index (χ4n) is 2.33. The highest BCUT2D eigenvalue weighted by molar-refractivity contribution is 5.96. The second-order valence-electron chi connectivity index (χ2n) is 5.61. The van der Waals surface area contributed by atoms with Crippen molar-refractivity contribution in [3.05, 3.63) is 66.0 Å². The SMILES string of the molecule is CC(=O)N(CCc1ccc(F)cc1)CC(=O)N(C)c1ccccc1. The van der Waals surface area contributed by atoms with E-state index in [4.69, 9.17) is 0 Å². The first-order valence-electron chi connectivity index (χ1n) is 7.79. The van der Waals surface area contributed by atoms with Gasteiger partial charge in [-0.1, -0.05) is 30.3 Å². The van der Waals surface area contributed by atoms with E-state index in [1.165, 1.54) is 28.9 Å². The van der Waals surface area contributed by atoms with Crippen LogP contribution in [0.5, 0.6) is 0 Å². The van der Waals surface area contributed by atoms with Gasteiger partial charge in [-0.05, 0) is 36.2 Å². The van der Waals surface area contributed by atoms with Crippen molar-refractivity contribution in [1.29, 1.82) is 0 Å². The van der Waals surface area contributed by atoms with Gasteiger partial charge in [0.1, 0.15) is 12.4 Å². The lowest BCUT2D eigenvalue weighted by molar-refractivity contribution is -0.133. The number of nitrogens with zero attached hydrogens (tertiary/aromatic N) is 2. The predicted octanol–water partition coefficient (Wildman–Crippen LogP) is 2.88. The van der Waals surface area contributed by atoms with E-state index in [9.17, 15) is 14.0 Å². The Morgan fingerprint density at radius 1 is 1.00 bits per heavy atom. The van der Waals surface area contributed by atoms with Crippen molar-refractivity contribution in [2.45, 2.75) is 13.3 Å². The van der Waals surface area contributed by atoms with Gasteiger partial charge in [0.2, 0.25) is 11.8 Å². The Bertz CT molecular complexity index is 686. The lowest BCUT2D eigenvalue weighted by atomic mass is 10.1. The first-order valence-corrected chi connectivity index (χ1v) is 7.79. The van der Waals surface area contributed by atoms with Gasteiger partial charge in [0, 0.05) is 26.2 Å². The van der Waals surface area contributed by atoms with Gasteiger partial charge in [0.15, 0.2) is 0 Å². The van der Waals surface area contributed by atoms with Crippen molar-refractivity contribution in [2.75, 3.05) is 25.0 Å². The normalized spacial score (nSPS) is 10.3. The standard InChI is InChI=1S/C19H21FN2O2/c1-15(23)22(13-12-16-8-10-17(20)11-9-16)14-19(24)21(2)18-6-4-3-5-7-18/h3-11H,12-14H2,1-2H3. The molecule has 2 rings (SSSR count). The van der Waals surface area contributed by atoms with Crippen LogP contribution in [0.1, 0.15) is 12.5 Å². The minimum absolute atomic E-state index is 0.0158. The highest BCUT2D eigenvalue weighted by Gasteiger charge is 2.17. The Morgan fingerprint density at radius 2 is 1.62 bits per heavy atom. The number of amides is 2. The molecule has 0 N–H and O–H groups in total. The summed E-state index contributed by atoms with van der Waals surface area (Å²) in [7, 11) is 1.69. The minimum Gasteiger partial charge on any atom is -0.333 e. The molecule has 0 fully saturated rings. The summed E-state index contributed by atoms with van der Waals surface area (Å²) >= 11 is 0. The summed E-state index contributed by atoms with van der Waals surface area (Å²) < 4.78 is 12.9. The highest BCUT2D eigenvalue weighted by Crippen LogP contribution is 2.12. The largest absolute Gasteiger partial charge is 0.333 e. The van der Waals surface area contributed by atoms with Crippen molar-refractivity contribution in [3.8, 4) is 0 Å². The smallest absolute Gasteiger partial charge is 0.246 e. The monoisotopic (exact) mass is 328 g/mol. The van der Waals surface area contributed by atoms with E-state index in [1.807, 2.05) is 30.3 Å². The van der Waals surface area contributed by atoms with Crippen LogP contribution in [0.25, 0.3) is 0 Å². The molecule has 0 bridgehead atoms. The number of carbonyl (C=O) groups excluding carboxylic acids is 2. The van der Waals surface area contributed by atoms with E-state index < -0.39 is 0 Å². The molecular formula is C19H21FN2O2. The number of anilines is 1. The molecule has 126 valence electrons. The van der Waals surface area contributed by atoms with Gasteiger partial charge >= 0.3 is 0 Å². The quantitative estimate of drug-likeness (QED) is 0.818. The van der Waals surface area contributed by atoms with Crippen molar-refractivity contribution in [1.82, 2.24) is 4.90 Å². The number of likely N-dealkylation sites (N-methyl/N-ethyl adjacent to an activating group) is 1. The summed E-state index contributed by atoms with van der Waals surface area (Å²) in [6.07, 6.45) is 0.572. The van der Waals surface area contributed by atoms with Crippen LogP contribution >= 0.6 is 0 Å². The maximum atomic E-state index is 12.9. The van der Waals surface area contributed by atoms with Gasteiger partial charge in [-0.25, -0.2) is 4.39 Å². The third-order valence-corrected chi connectivity index (χ3v) is 3.87. The van der Waals surface area contributed by atoms with Gasteiger partial charge in [-0.3, -0.25) is 9.59 Å². The van der Waals surface area contributed by atoms with Crippen molar-refractivity contribution in [2.24, 2.45) is 0 Å². The molecule has 0 unspecified atom stereocenters. The van der Waals surface area contributed by atoms with Crippen LogP contribution in [0.3, 0.4) is 0 Å². The molecule has 0 spiro atoms. The molecule has 2 aromatic carbocycles. The molecule has 2 amide bonds. The molecule has 4 nitrogen and oxygen atoms in total. The fourth-order valence-corrected chi connectivity index (χ4v) is 2.33. The molecule has 0 aliphatic carbocycles. The first kappa shape index (κ1) is 17.7. The van der Waals surface area contributed by atoms with Crippen molar-refractivity contribution < 1.29 is 14.0 Å². The Balaban J connectivity index is 1.96. The minimum atomic E-state index is -0.290. The molecule has 0 heterocycles. The van der Waals surface area contributed by atoms with Crippen molar-refractivity contribution >= 4 is 17.5 Å². The van der Waals surface area contributed by atoms with Gasteiger partial charge < -0.3 is 9.80 Å². The number of benzene rings is 2. The second-order valence-corrected chi connectivity index (χ2v) is 5.61. The van der Waals surface area contributed by atoms with Crippen LogP contribution in [-0.2, 0) is 16.0 Å². The fraction of sp³-hybridized carbons (Fsp3) is 0.263. The predicted molar refractivity (Wildman–Crippen MR) is 92.2 cm³/mol. The van der Waals surface area contributed by atoms with Crippen LogP contribution in [0, 0.1) is 5.82 Å². The number of carbonyl (C=O) groups is 2. The molecule has 0 saturated heterocycles. The second kappa shape index (κ2) is 8.24. The zero-order valence-electron chi connectivity index (χ0n) is 13.9. The van der Waals surface area contributed by atoms with E-state index in [2.05, 4.69) is 0 Å². The van der Waals surface area contributed by atoms with Crippen LogP contribution in [0.15, 0.2) is 54.6 Å². The third-order valence-electron chi connectivity index (χ3n) is 3.87. The van der Waals surface area contributed by atoms with E-state index in [0.29, 0.717) is 13.0 Å². The molecule has 24 heavy (non-hydrogen) atoms. The molecule has 0 aliphatic heterocycles. The topological polar surface area (TPSA) is 40.6 Å². The van der Waals surface area contributed by atoms with E-state index in [0.717, 1.165) is 11.3 Å². The summed E-state index contributed by atoms with van der Waals surface area (Å²) in [5.74, 6) is -0.607. The highest BCUT2D eigenvalue weighted by atomic mass is 19.1. The van der Waals surface area contributed by atoms with Crippen LogP contribution < -0.4 is 4.90 Å². The molecule has 0 atom stereocenters. The Labute approximate surface area is 141 Å². The molecule has 0 radical (unpaired) electrons. The lowest BCUT2D eigenvalue weighted by Crippen LogP contribution is -2.41. The zero-order valence-corrected chi connectivity index (χ0v) is 13.9. The van der Waals surface area contributed by atoms with Gasteiger partial charge in [0.25, 0.3) is 0 Å². The number of hydrogen-bond donors (Lipinski definition) is 0. The summed E-state index contributed by atoms with van der Waals surface area (Å²) in [5, 5.41) is 0. The molecule has 0 aromatic heterocycles. The summed E-state index contributed by atoms with van der Waals surface area (Å²) in [4.78, 5) is 27.2. The van der Waals surface area contributed by atoms with Crippen LogP contribution in [0.2, 0.25) is 0 Å². The van der Waals surface area contributed by atoms with E-state index in [1.54, 1.807) is 19.2 Å². The lowest BCUT2D eigenvalue weighted by Gasteiger charge is -2.24. The molecule has 5 heteroatoms. The molecule has 2 aromatic rings. The molecule has 0 saturated carbocycles. The van der Waals surface area contributed by atoms with Gasteiger partial charge in [-0.2, -0.15) is 0 Å². The number of halogens is 1. The number of rotatable bonds is 6. The van der Waals surface area contributed by atoms with Gasteiger partial charge in [0.05, 0.1) is 0 Å². The summed E-state index contributed by atoms with van der Waals surface area (Å²) in [6, 6.07) is 15.4. The van der Waals surface area contributed by atoms with E-state index >= 15 is 0 Å². The van der Waals surface area contributed by atoms with Crippen LogP contribution in [-0.4, -0.2) is 36.9 Å². The van der Waals surface area contributed by atoms with Crippen LogP contribution in [0.4, 0.5) is 10.1 Å². The maximum absolute atomic E-state index is 12.9. The molecule has 0 aliphatic rings. The average Bonchev–Trinajstić information content (AvgIpc) is 2.59. The Hall–Kier alpha value is -2.69. The van der Waals surface area contributed by atoms with E-state index in [-0.39, 0.29) is 24.2 Å². The Kier molecular flexibility index (Phi) is 6.07. The number of para-hydroxylation sites is 1. The number of hydrogen-bond acceptors (Lipinski definition) is 2. The Morgan fingerprint density at radius 3 is 2.21 bits per heavy atom. The third kappa shape index (κ3) is 4.91.